The zero-order valence-electron chi connectivity index (χ0n) is 39.7. The van der Waals surface area contributed by atoms with Crippen molar-refractivity contribution < 1.29 is 38.8 Å². The van der Waals surface area contributed by atoms with Gasteiger partial charge in [-0.3, -0.25) is 14.4 Å². The van der Waals surface area contributed by atoms with E-state index in [9.17, 15) is 24.6 Å². The molecule has 16 heteroatoms. The van der Waals surface area contributed by atoms with Gasteiger partial charge in [-0.1, -0.05) is 121 Å². The van der Waals surface area contributed by atoms with Crippen LogP contribution in [0.2, 0.25) is 0 Å². The summed E-state index contributed by atoms with van der Waals surface area (Å²) in [5, 5.41) is 18.7. The smallest absolute Gasteiger partial charge is 0.309 e. The van der Waals surface area contributed by atoms with Crippen molar-refractivity contribution in [3.05, 3.63) is 34.9 Å². The molecule has 378 valence electrons. The van der Waals surface area contributed by atoms with E-state index in [1.165, 1.54) is 133 Å². The van der Waals surface area contributed by atoms with E-state index >= 15 is 0 Å². The lowest BCUT2D eigenvalue weighted by Gasteiger charge is -2.40. The molecule has 6 atom stereocenters. The van der Waals surface area contributed by atoms with E-state index in [4.69, 9.17) is 14.2 Å². The highest BCUT2D eigenvalue weighted by Crippen LogP contribution is 2.50. The average Bonchev–Trinajstić information content (AvgIpc) is 3.69. The third-order valence-corrected chi connectivity index (χ3v) is 26.9. The quantitative estimate of drug-likeness (QED) is 0.131. The predicted molar refractivity (Wildman–Crippen MR) is 291 cm³/mol. The second-order valence-corrected chi connectivity index (χ2v) is 30.8. The number of carbonyl (C=O) groups excluding carboxylic acids is 3. The maximum Gasteiger partial charge on any atom is 0.309 e. The van der Waals surface area contributed by atoms with Gasteiger partial charge in [0, 0.05) is 126 Å². The second kappa shape index (κ2) is 30.9. The van der Waals surface area contributed by atoms with Crippen molar-refractivity contribution in [3.8, 4) is 0 Å². The van der Waals surface area contributed by atoms with Crippen molar-refractivity contribution in [2.75, 3.05) is 33.0 Å². The fourth-order valence-corrected chi connectivity index (χ4v) is 22.5. The van der Waals surface area contributed by atoms with Crippen molar-refractivity contribution in [1.29, 1.82) is 0 Å². The van der Waals surface area contributed by atoms with Crippen molar-refractivity contribution in [3.63, 3.8) is 0 Å². The molecule has 1 heterocycles. The SMILES string of the molecule is C.CC(=O)OC[C@@H]1CCC(C2(C)CCCCC2)=C[C@@H]1COC(C)=O.CC1(C2=C[C@@H]3COC(=O)[C@@H]3CC2)CCCCC1.CC1(C2=C[C@H](CO)[C@H](CO)CC2)CCCCC1.S=S=S=S=S=S=S=S. The van der Waals surface area contributed by atoms with Crippen molar-refractivity contribution in [1.82, 2.24) is 0 Å². The summed E-state index contributed by atoms with van der Waals surface area (Å²) >= 11 is 9.21. The summed E-state index contributed by atoms with van der Waals surface area (Å²) < 4.78 is 15.7. The highest BCUT2D eigenvalue weighted by atomic mass is 33.4. The van der Waals surface area contributed by atoms with Crippen LogP contribution in [0.3, 0.4) is 0 Å². The van der Waals surface area contributed by atoms with Gasteiger partial charge in [-0.25, -0.2) is 0 Å². The van der Waals surface area contributed by atoms with E-state index in [2.05, 4.69) is 61.4 Å². The number of esters is 3. The standard InChI is InChI=1S/C19H30O4.C15H22O2.C15H26O2.CH4.S8/c1-14(20)22-12-16-7-8-18(11-17(16)13-23-15(2)21)19(3)9-5-4-6-10-19;1-15(7-3-2-4-8-15)12-5-6-13-11(9-12)10-17-14(13)16;1-15(7-3-2-4-8-15)14-6-5-12(10-16)13(9-14)11-17;;1-3-5-7-8-6-4-2/h11,16-17H,4-10,12-13H2,1-3H3;9,11,13H,2-8,10H2,1H3;9,12-13,16-17H,2-8,10-11H2,1H3;1H4;/t16-,17+;11-,13-;12-,13+;;/m010../s1. The van der Waals surface area contributed by atoms with Gasteiger partial charge in [0.1, 0.15) is 0 Å². The molecular weight excluding hydrogens is 985 g/mol. The number of hydrogen-bond donors (Lipinski definition) is 2. The van der Waals surface area contributed by atoms with E-state index < -0.39 is 0 Å². The van der Waals surface area contributed by atoms with Gasteiger partial charge in [0.2, 0.25) is 0 Å². The third-order valence-electron chi connectivity index (χ3n) is 15.7. The van der Waals surface area contributed by atoms with E-state index in [1.54, 1.807) is 46.7 Å². The van der Waals surface area contributed by atoms with Gasteiger partial charge in [0.15, 0.2) is 0 Å². The molecule has 3 saturated carbocycles. The van der Waals surface area contributed by atoms with E-state index in [-0.39, 0.29) is 68.1 Å². The van der Waals surface area contributed by atoms with Crippen molar-refractivity contribution in [2.24, 2.45) is 51.8 Å². The zero-order chi connectivity index (χ0) is 47.3. The molecule has 0 amide bonds. The molecule has 0 bridgehead atoms. The molecule has 1 saturated heterocycles. The number of carbonyl (C=O) groups is 3. The number of aliphatic hydroxyl groups is 2. The summed E-state index contributed by atoms with van der Waals surface area (Å²) in [6, 6.07) is 0. The first-order chi connectivity index (χ1) is 31.2. The Bertz CT molecular complexity index is 1900. The molecule has 1 aliphatic heterocycles. The van der Waals surface area contributed by atoms with Gasteiger partial charge in [-0.15, -0.1) is 0 Å². The molecule has 6 aliphatic carbocycles. The molecule has 0 radical (unpaired) electrons. The van der Waals surface area contributed by atoms with Crippen molar-refractivity contribution in [2.45, 2.75) is 177 Å². The molecule has 0 aromatic rings. The van der Waals surface area contributed by atoms with Crippen LogP contribution in [-0.4, -0.2) is 61.2 Å². The summed E-state index contributed by atoms with van der Waals surface area (Å²) in [6.45, 7) is 11.9. The number of hydrogen-bond acceptors (Lipinski definition) is 10. The minimum Gasteiger partial charge on any atom is -0.466 e. The number of fused-ring (bicyclic) bond motifs is 1. The Kier molecular flexibility index (Phi) is 27.9. The van der Waals surface area contributed by atoms with Crippen LogP contribution in [0.4, 0.5) is 0 Å². The number of allylic oxidation sites excluding steroid dienone is 3. The predicted octanol–water partition coefficient (Wildman–Crippen LogP) is 11.0. The summed E-state index contributed by atoms with van der Waals surface area (Å²) in [6.07, 6.45) is 33.4. The molecule has 7 aliphatic rings. The van der Waals surface area contributed by atoms with E-state index in [0.29, 0.717) is 42.0 Å². The van der Waals surface area contributed by atoms with Gasteiger partial charge in [0.05, 0.1) is 25.7 Å². The van der Waals surface area contributed by atoms with Gasteiger partial charge in [-0.05, 0) is 99.2 Å². The number of rotatable bonds is 9. The van der Waals surface area contributed by atoms with Crippen LogP contribution in [-0.2, 0) is 104 Å². The van der Waals surface area contributed by atoms with Gasteiger partial charge < -0.3 is 24.4 Å². The summed E-state index contributed by atoms with van der Waals surface area (Å²) in [5.41, 5.74) is 5.81. The normalized spacial score (nSPS) is 28.0. The highest BCUT2D eigenvalue weighted by Gasteiger charge is 2.42. The summed E-state index contributed by atoms with van der Waals surface area (Å²) in [4.78, 5) is 33.8. The van der Waals surface area contributed by atoms with Crippen LogP contribution < -0.4 is 0 Å². The van der Waals surface area contributed by atoms with Crippen LogP contribution >= 0.6 is 0 Å². The summed E-state index contributed by atoms with van der Waals surface area (Å²) in [5.74, 6) is 0.953. The average molecular weight is 1070 g/mol. The monoisotopic (exact) mass is 1070 g/mol. The number of cyclic esters (lactones) is 1. The lowest BCUT2D eigenvalue weighted by molar-refractivity contribution is -0.146. The first-order valence-electron chi connectivity index (χ1n) is 24.2. The lowest BCUT2D eigenvalue weighted by Crippen LogP contribution is -2.32. The molecule has 0 aromatic carbocycles. The van der Waals surface area contributed by atoms with Gasteiger partial charge in [0.25, 0.3) is 0 Å². The fourth-order valence-electron chi connectivity index (χ4n) is 11.6. The van der Waals surface area contributed by atoms with Crippen LogP contribution in [0, 0.1) is 51.8 Å². The number of aliphatic hydroxyl groups excluding tert-OH is 2. The van der Waals surface area contributed by atoms with E-state index in [1.807, 2.05) is 0 Å². The molecule has 2 N–H and O–H groups in total. The molecule has 0 spiro atoms. The Morgan fingerprint density at radius 1 is 0.621 bits per heavy atom. The number of ether oxygens (including phenoxy) is 3. The van der Waals surface area contributed by atoms with Crippen LogP contribution in [0.5, 0.6) is 0 Å². The minimum absolute atomic E-state index is 0. The highest BCUT2D eigenvalue weighted by molar-refractivity contribution is 8.70. The Hall–Kier alpha value is -0.690. The van der Waals surface area contributed by atoms with Crippen LogP contribution in [0.15, 0.2) is 34.9 Å². The molecule has 66 heavy (non-hydrogen) atoms. The Morgan fingerprint density at radius 2 is 1.05 bits per heavy atom. The maximum absolute atomic E-state index is 11.5. The molecule has 0 unspecified atom stereocenters. The Labute approximate surface area is 425 Å². The van der Waals surface area contributed by atoms with Crippen LogP contribution in [0.25, 0.3) is 0 Å². The lowest BCUT2D eigenvalue weighted by atomic mass is 9.65. The van der Waals surface area contributed by atoms with Gasteiger partial charge >= 0.3 is 17.9 Å². The molecule has 8 nitrogen and oxygen atoms in total. The first-order valence-corrected chi connectivity index (χ1v) is 33.6. The molecule has 0 aromatic heterocycles. The van der Waals surface area contributed by atoms with E-state index in [0.717, 1.165) is 38.5 Å². The molecule has 7 rings (SSSR count). The summed E-state index contributed by atoms with van der Waals surface area (Å²) in [7, 11) is 9.12. The maximum atomic E-state index is 11.5. The largest absolute Gasteiger partial charge is 0.466 e. The molecule has 4 fully saturated rings. The Balaban J connectivity index is 0.000000244. The van der Waals surface area contributed by atoms with Crippen molar-refractivity contribution >= 4 is 93.6 Å². The zero-order valence-corrected chi connectivity index (χ0v) is 46.2. The fraction of sp³-hybridized carbons (Fsp3) is 0.820. The minimum atomic E-state index is -0.249. The van der Waals surface area contributed by atoms with Crippen LogP contribution in [0.1, 0.15) is 177 Å². The first kappa shape index (κ1) is 59.6. The third kappa shape index (κ3) is 18.8. The second-order valence-electron chi connectivity index (χ2n) is 20.2. The topological polar surface area (TPSA) is 119 Å². The Morgan fingerprint density at radius 3 is 1.48 bits per heavy atom. The van der Waals surface area contributed by atoms with Gasteiger partial charge in [-0.2, -0.15) is 0 Å². The molecular formula is C50H82O8S8.